The molecular formula is C27H33NO12. The van der Waals surface area contributed by atoms with Crippen LogP contribution in [0, 0.1) is 6.92 Å². The van der Waals surface area contributed by atoms with Crippen LogP contribution in [0.4, 0.5) is 0 Å². The number of carboxylic acid groups (broad SMARTS) is 2. The zero-order valence-corrected chi connectivity index (χ0v) is 22.6. The van der Waals surface area contributed by atoms with Crippen molar-refractivity contribution in [3.63, 3.8) is 0 Å². The second-order valence-electron chi connectivity index (χ2n) is 10.5. The maximum Gasteiger partial charge on any atom is 0.345 e. The number of esters is 2. The zero-order chi connectivity index (χ0) is 29.6. The van der Waals surface area contributed by atoms with Gasteiger partial charge in [0.05, 0.1) is 31.0 Å². The van der Waals surface area contributed by atoms with Gasteiger partial charge in [-0.15, -0.1) is 0 Å². The lowest BCUT2D eigenvalue weighted by Gasteiger charge is -2.58. The van der Waals surface area contributed by atoms with Gasteiger partial charge in [0.25, 0.3) is 0 Å². The van der Waals surface area contributed by atoms with Gasteiger partial charge in [-0.05, 0) is 51.6 Å². The molecule has 1 aromatic carbocycles. The topological polar surface area (TPSA) is 189 Å². The number of aliphatic hydroxyl groups excluding tert-OH is 1. The molecule has 13 heteroatoms. The van der Waals surface area contributed by atoms with Crippen LogP contribution in [0.2, 0.25) is 0 Å². The molecule has 1 fully saturated rings. The lowest BCUT2D eigenvalue weighted by molar-refractivity contribution is -0.175. The second-order valence-corrected chi connectivity index (χ2v) is 10.5. The molecule has 1 aliphatic carbocycles. The molecule has 2 heterocycles. The third-order valence-electron chi connectivity index (χ3n) is 8.29. The molecule has 40 heavy (non-hydrogen) atoms. The van der Waals surface area contributed by atoms with Gasteiger partial charge in [-0.2, -0.15) is 0 Å². The molecule has 0 bridgehead atoms. The Balaban J connectivity index is 1.60. The minimum Gasteiger partial charge on any atom is -0.493 e. The third kappa shape index (κ3) is 4.67. The quantitative estimate of drug-likeness (QED) is 0.304. The molecule has 6 atom stereocenters. The minimum atomic E-state index is -2.11. The van der Waals surface area contributed by atoms with Crippen LogP contribution in [-0.4, -0.2) is 99.9 Å². The van der Waals surface area contributed by atoms with Crippen molar-refractivity contribution >= 4 is 23.9 Å². The molecule has 3 aliphatic rings. The number of aryl methyl sites for hydroxylation is 1. The molecule has 218 valence electrons. The fourth-order valence-electron chi connectivity index (χ4n) is 6.13. The summed E-state index contributed by atoms with van der Waals surface area (Å²) >= 11 is 0. The Morgan fingerprint density at radius 2 is 1.90 bits per heavy atom. The van der Waals surface area contributed by atoms with Crippen LogP contribution in [-0.2, 0) is 34.1 Å². The molecule has 0 radical (unpaired) electrons. The highest BCUT2D eigenvalue weighted by molar-refractivity contribution is 5.86. The summed E-state index contributed by atoms with van der Waals surface area (Å²) in [6.45, 7) is 4.45. The standard InChI is InChI=1S/C27H33NO12/c1-13-5-6-16(37-4)22-21(13)26-9-10-28(3)14(2)27(26,36)8-7-17(23(26)40-22)38-20(32)11-15(29)25(35)39-18(24(33)34)12-19(30)31/h5-7,14-15,18,23,29,36H,8-12H2,1-4H3,(H,30,31)(H,33,34)/t14-,15+,18+,23+,26+,27-/m1/s1. The Labute approximate surface area is 229 Å². The van der Waals surface area contributed by atoms with Gasteiger partial charge in [-0.25, -0.2) is 9.59 Å². The summed E-state index contributed by atoms with van der Waals surface area (Å²) in [6, 6.07) is 3.34. The number of hydrogen-bond acceptors (Lipinski definition) is 11. The highest BCUT2D eigenvalue weighted by Gasteiger charge is 2.69. The van der Waals surface area contributed by atoms with E-state index < -0.39 is 66.0 Å². The van der Waals surface area contributed by atoms with E-state index in [0.29, 0.717) is 24.5 Å². The van der Waals surface area contributed by atoms with Crippen LogP contribution in [0.5, 0.6) is 11.5 Å². The number of methoxy groups -OCH3 is 1. The van der Waals surface area contributed by atoms with E-state index in [2.05, 4.69) is 9.64 Å². The normalized spacial score (nSPS) is 28.5. The van der Waals surface area contributed by atoms with Crippen molar-refractivity contribution in [2.45, 2.75) is 74.9 Å². The smallest absolute Gasteiger partial charge is 0.345 e. The summed E-state index contributed by atoms with van der Waals surface area (Å²) in [7, 11) is 3.42. The molecule has 13 nitrogen and oxygen atoms in total. The van der Waals surface area contributed by atoms with Gasteiger partial charge in [-0.1, -0.05) is 6.07 Å². The predicted octanol–water partition coefficient (Wildman–Crippen LogP) is 0.510. The Morgan fingerprint density at radius 1 is 1.20 bits per heavy atom. The molecule has 0 aromatic heterocycles. The number of carbonyl (C=O) groups excluding carboxylic acids is 2. The van der Waals surface area contributed by atoms with E-state index in [1.165, 1.54) is 7.11 Å². The zero-order valence-electron chi connectivity index (χ0n) is 22.6. The van der Waals surface area contributed by atoms with Crippen LogP contribution in [0.25, 0.3) is 0 Å². The van der Waals surface area contributed by atoms with Gasteiger partial charge in [0.1, 0.15) is 5.76 Å². The molecule has 0 unspecified atom stereocenters. The molecular weight excluding hydrogens is 530 g/mol. The van der Waals surface area contributed by atoms with Gasteiger partial charge < -0.3 is 44.3 Å². The summed E-state index contributed by atoms with van der Waals surface area (Å²) < 4.78 is 22.1. The van der Waals surface area contributed by atoms with E-state index in [1.54, 1.807) is 12.1 Å². The van der Waals surface area contributed by atoms with Gasteiger partial charge in [0, 0.05) is 18.0 Å². The van der Waals surface area contributed by atoms with Gasteiger partial charge in [0.15, 0.2) is 23.7 Å². The minimum absolute atomic E-state index is 0.0962. The lowest BCUT2D eigenvalue weighted by Crippen LogP contribution is -2.71. The van der Waals surface area contributed by atoms with Crippen molar-refractivity contribution in [3.05, 3.63) is 35.1 Å². The van der Waals surface area contributed by atoms with Crippen LogP contribution in [0.1, 0.15) is 43.7 Å². The molecule has 1 aromatic rings. The van der Waals surface area contributed by atoms with E-state index >= 15 is 0 Å². The molecule has 4 rings (SSSR count). The monoisotopic (exact) mass is 563 g/mol. The summed E-state index contributed by atoms with van der Waals surface area (Å²) in [6.07, 6.45) is -4.83. The summed E-state index contributed by atoms with van der Waals surface area (Å²) in [4.78, 5) is 49.0. The number of piperidine rings is 1. The number of likely N-dealkylation sites (N-methyl/N-ethyl adjacent to an activating group) is 1. The van der Waals surface area contributed by atoms with E-state index in [-0.39, 0.29) is 18.2 Å². The van der Waals surface area contributed by atoms with Crippen molar-refractivity contribution < 1.29 is 58.6 Å². The Morgan fingerprint density at radius 3 is 2.52 bits per heavy atom. The Hall–Kier alpha value is -3.68. The maximum atomic E-state index is 12.8. The number of fused-ring (bicyclic) bond motifs is 1. The average Bonchev–Trinajstić information content (AvgIpc) is 3.25. The van der Waals surface area contributed by atoms with E-state index in [4.69, 9.17) is 24.4 Å². The lowest BCUT2D eigenvalue weighted by atomic mass is 9.54. The van der Waals surface area contributed by atoms with Crippen molar-refractivity contribution in [2.24, 2.45) is 0 Å². The highest BCUT2D eigenvalue weighted by Crippen LogP contribution is 2.62. The number of rotatable bonds is 9. The largest absolute Gasteiger partial charge is 0.493 e. The molecule has 1 saturated heterocycles. The van der Waals surface area contributed by atoms with Gasteiger partial charge in [0.2, 0.25) is 6.10 Å². The van der Waals surface area contributed by atoms with E-state index in [9.17, 15) is 29.4 Å². The first-order valence-electron chi connectivity index (χ1n) is 12.8. The predicted molar refractivity (Wildman–Crippen MR) is 135 cm³/mol. The number of likely N-dealkylation sites (tertiary alicyclic amines) is 1. The van der Waals surface area contributed by atoms with Gasteiger partial charge >= 0.3 is 23.9 Å². The Bertz CT molecular complexity index is 1260. The summed E-state index contributed by atoms with van der Waals surface area (Å²) in [5.41, 5.74) is -0.668. The van der Waals surface area contributed by atoms with Crippen LogP contribution in [0.3, 0.4) is 0 Å². The number of nitrogens with zero attached hydrogens (tertiary/aromatic N) is 1. The van der Waals surface area contributed by atoms with Crippen molar-refractivity contribution in [3.8, 4) is 11.5 Å². The average molecular weight is 564 g/mol. The van der Waals surface area contributed by atoms with Crippen LogP contribution in [0.15, 0.2) is 24.0 Å². The molecule has 0 saturated carbocycles. The molecule has 4 N–H and O–H groups in total. The number of aliphatic hydroxyl groups is 2. The number of hydrogen-bond donors (Lipinski definition) is 4. The van der Waals surface area contributed by atoms with Crippen molar-refractivity contribution in [2.75, 3.05) is 20.7 Å². The third-order valence-corrected chi connectivity index (χ3v) is 8.29. The number of carbonyl (C=O) groups is 4. The molecule has 0 amide bonds. The summed E-state index contributed by atoms with van der Waals surface area (Å²) in [5, 5.41) is 40.3. The SMILES string of the molecule is COc1ccc(C)c2c1O[C@H]1C(OC(=O)C[C@H](O)C(=O)O[C@@H](CC(=O)O)C(=O)O)=CC[C@@]3(O)[C@@H](C)N(C)CC[C@]213. The first-order valence-corrected chi connectivity index (χ1v) is 12.8. The first-order chi connectivity index (χ1) is 18.8. The highest BCUT2D eigenvalue weighted by atomic mass is 16.6. The van der Waals surface area contributed by atoms with Gasteiger partial charge in [-0.3, -0.25) is 9.59 Å². The number of ether oxygens (including phenoxy) is 4. The molecule has 1 spiro atoms. The fourth-order valence-corrected chi connectivity index (χ4v) is 6.13. The van der Waals surface area contributed by atoms with E-state index in [1.807, 2.05) is 27.0 Å². The van der Waals surface area contributed by atoms with E-state index in [0.717, 1.165) is 11.1 Å². The number of carboxylic acids is 2. The number of aliphatic carboxylic acids is 2. The summed E-state index contributed by atoms with van der Waals surface area (Å²) in [5.74, 6) is -4.77. The van der Waals surface area contributed by atoms with Crippen LogP contribution < -0.4 is 9.47 Å². The number of benzene rings is 1. The molecule has 2 aliphatic heterocycles. The second kappa shape index (κ2) is 10.7. The van der Waals surface area contributed by atoms with Crippen LogP contribution >= 0.6 is 0 Å². The first kappa shape index (κ1) is 29.3. The van der Waals surface area contributed by atoms with Crippen molar-refractivity contribution in [1.29, 1.82) is 0 Å². The maximum absolute atomic E-state index is 12.8. The van der Waals surface area contributed by atoms with Crippen molar-refractivity contribution in [1.82, 2.24) is 4.90 Å². The fraction of sp³-hybridized carbons (Fsp3) is 0.556. The Kier molecular flexibility index (Phi) is 7.85.